The van der Waals surface area contributed by atoms with Crippen molar-refractivity contribution in [3.63, 3.8) is 0 Å². The summed E-state index contributed by atoms with van der Waals surface area (Å²) in [6.07, 6.45) is 5.63. The molecule has 2 atom stereocenters. The maximum atomic E-state index is 11.4. The van der Waals surface area contributed by atoms with E-state index in [9.17, 15) is 4.79 Å². The van der Waals surface area contributed by atoms with E-state index >= 15 is 0 Å². The van der Waals surface area contributed by atoms with Gasteiger partial charge in [0.05, 0.1) is 0 Å². The molecule has 0 aromatic carbocycles. The zero-order valence-corrected chi connectivity index (χ0v) is 7.10. The summed E-state index contributed by atoms with van der Waals surface area (Å²) in [5.74, 6) is 3.24. The molecule has 11 heavy (non-hydrogen) atoms. The lowest BCUT2D eigenvalue weighted by atomic mass is 9.78. The Bertz CT molecular complexity index is 174. The first kappa shape index (κ1) is 7.33. The van der Waals surface area contributed by atoms with Gasteiger partial charge in [-0.3, -0.25) is 4.79 Å². The lowest BCUT2D eigenvalue weighted by molar-refractivity contribution is -0.125. The minimum atomic E-state index is 0.434. The Kier molecular flexibility index (Phi) is 1.74. The first-order valence-corrected chi connectivity index (χ1v) is 4.64. The van der Waals surface area contributed by atoms with E-state index in [2.05, 4.69) is 6.92 Å². The minimum absolute atomic E-state index is 0.434. The Morgan fingerprint density at radius 2 is 2.00 bits per heavy atom. The van der Waals surface area contributed by atoms with Crippen molar-refractivity contribution in [3.8, 4) is 0 Å². The molecule has 0 aliphatic heterocycles. The highest BCUT2D eigenvalue weighted by Gasteiger charge is 2.39. The second-order valence-electron chi connectivity index (χ2n) is 3.96. The number of Topliss-reactive ketones (excluding diaryl/α,β-unsaturated/α-hetero) is 1. The Morgan fingerprint density at radius 1 is 1.18 bits per heavy atom. The molecule has 0 aromatic heterocycles. The van der Waals surface area contributed by atoms with Crippen LogP contribution in [0.4, 0.5) is 0 Å². The molecule has 1 radical (unpaired) electrons. The van der Waals surface area contributed by atoms with Crippen LogP contribution in [0.2, 0.25) is 0 Å². The van der Waals surface area contributed by atoms with Crippen LogP contribution in [0.1, 0.15) is 39.0 Å². The fourth-order valence-electron chi connectivity index (χ4n) is 2.63. The first-order valence-electron chi connectivity index (χ1n) is 4.64. The van der Waals surface area contributed by atoms with Crippen LogP contribution >= 0.6 is 0 Å². The highest BCUT2D eigenvalue weighted by Crippen LogP contribution is 2.44. The van der Waals surface area contributed by atoms with E-state index in [0.717, 1.165) is 19.3 Å². The Labute approximate surface area is 68.2 Å². The highest BCUT2D eigenvalue weighted by molar-refractivity contribution is 5.82. The van der Waals surface area contributed by atoms with Crippen LogP contribution in [0.3, 0.4) is 0 Å². The van der Waals surface area contributed by atoms with Crippen molar-refractivity contribution in [2.45, 2.75) is 39.0 Å². The van der Waals surface area contributed by atoms with Crippen molar-refractivity contribution in [2.75, 3.05) is 0 Å². The van der Waals surface area contributed by atoms with E-state index in [-0.39, 0.29) is 0 Å². The highest BCUT2D eigenvalue weighted by atomic mass is 16.1. The minimum Gasteiger partial charge on any atom is -0.299 e. The van der Waals surface area contributed by atoms with Gasteiger partial charge in [0.25, 0.3) is 0 Å². The summed E-state index contributed by atoms with van der Waals surface area (Å²) in [7, 11) is 0. The largest absolute Gasteiger partial charge is 0.299 e. The lowest BCUT2D eigenvalue weighted by Gasteiger charge is -2.25. The summed E-state index contributed by atoms with van der Waals surface area (Å²) >= 11 is 0. The number of hydrogen-bond donors (Lipinski definition) is 0. The molecule has 2 aliphatic rings. The first-order chi connectivity index (χ1) is 5.29. The van der Waals surface area contributed by atoms with E-state index in [4.69, 9.17) is 0 Å². The topological polar surface area (TPSA) is 17.1 Å². The van der Waals surface area contributed by atoms with Gasteiger partial charge in [-0.15, -0.1) is 0 Å². The normalized spacial score (nSPS) is 39.2. The van der Waals surface area contributed by atoms with Crippen molar-refractivity contribution >= 4 is 5.78 Å². The van der Waals surface area contributed by atoms with Gasteiger partial charge in [-0.2, -0.15) is 0 Å². The van der Waals surface area contributed by atoms with Crippen molar-refractivity contribution < 1.29 is 4.79 Å². The molecule has 1 heteroatoms. The van der Waals surface area contributed by atoms with Gasteiger partial charge in [0.15, 0.2) is 0 Å². The standard InChI is InChI=1S/C10H15O/c1-7-5-6-9-8(7)3-2-4-10(9)11/h8-9H,2-6H2,1H3. The summed E-state index contributed by atoms with van der Waals surface area (Å²) < 4.78 is 0. The molecule has 2 aliphatic carbocycles. The van der Waals surface area contributed by atoms with Crippen LogP contribution in [0.5, 0.6) is 0 Å². The zero-order valence-electron chi connectivity index (χ0n) is 7.10. The molecule has 0 aromatic rings. The van der Waals surface area contributed by atoms with E-state index in [1.165, 1.54) is 12.8 Å². The predicted octanol–water partition coefficient (Wildman–Crippen LogP) is 2.36. The number of hydrogen-bond acceptors (Lipinski definition) is 1. The molecule has 0 amide bonds. The maximum Gasteiger partial charge on any atom is 0.136 e. The van der Waals surface area contributed by atoms with Gasteiger partial charge in [0, 0.05) is 12.3 Å². The number of carbonyl (C=O) groups is 1. The van der Waals surface area contributed by atoms with Gasteiger partial charge < -0.3 is 0 Å². The third-order valence-corrected chi connectivity index (χ3v) is 3.32. The smallest absolute Gasteiger partial charge is 0.136 e. The summed E-state index contributed by atoms with van der Waals surface area (Å²) in [5, 5.41) is 0. The molecule has 0 heterocycles. The summed E-state index contributed by atoms with van der Waals surface area (Å²) in [4.78, 5) is 11.4. The van der Waals surface area contributed by atoms with Gasteiger partial charge in [0.1, 0.15) is 5.78 Å². The summed E-state index contributed by atoms with van der Waals surface area (Å²) in [6, 6.07) is 0. The SMILES string of the molecule is C[C]1CCC2C(=O)CCCC12. The molecular formula is C10H15O. The molecule has 1 nitrogen and oxygen atoms in total. The fourth-order valence-corrected chi connectivity index (χ4v) is 2.63. The molecule has 2 unspecified atom stereocenters. The van der Waals surface area contributed by atoms with Crippen LogP contribution in [0.15, 0.2) is 0 Å². The van der Waals surface area contributed by atoms with E-state index in [1.807, 2.05) is 0 Å². The molecule has 0 bridgehead atoms. The van der Waals surface area contributed by atoms with Crippen LogP contribution < -0.4 is 0 Å². The van der Waals surface area contributed by atoms with Crippen molar-refractivity contribution in [1.29, 1.82) is 0 Å². The number of ketones is 1. The number of carbonyl (C=O) groups excluding carboxylic acids is 1. The number of rotatable bonds is 0. The Balaban J connectivity index is 2.13. The molecule has 0 N–H and O–H groups in total. The van der Waals surface area contributed by atoms with Crippen LogP contribution in [-0.4, -0.2) is 5.78 Å². The maximum absolute atomic E-state index is 11.4. The van der Waals surface area contributed by atoms with E-state index in [1.54, 1.807) is 5.92 Å². The van der Waals surface area contributed by atoms with Crippen molar-refractivity contribution in [3.05, 3.63) is 5.92 Å². The lowest BCUT2D eigenvalue weighted by Crippen LogP contribution is -2.25. The second-order valence-corrected chi connectivity index (χ2v) is 3.96. The molecule has 2 fully saturated rings. The number of fused-ring (bicyclic) bond motifs is 1. The van der Waals surface area contributed by atoms with Crippen molar-refractivity contribution in [1.82, 2.24) is 0 Å². The fraction of sp³-hybridized carbons (Fsp3) is 0.800. The molecule has 0 spiro atoms. The van der Waals surface area contributed by atoms with E-state index < -0.39 is 0 Å². The molecule has 2 saturated carbocycles. The average Bonchev–Trinajstić information content (AvgIpc) is 2.35. The quantitative estimate of drug-likeness (QED) is 0.519. The second kappa shape index (κ2) is 2.62. The van der Waals surface area contributed by atoms with Gasteiger partial charge in [-0.05, 0) is 37.5 Å². The average molecular weight is 151 g/mol. The van der Waals surface area contributed by atoms with Gasteiger partial charge >= 0.3 is 0 Å². The Hall–Kier alpha value is -0.330. The van der Waals surface area contributed by atoms with Crippen LogP contribution in [0.25, 0.3) is 0 Å². The van der Waals surface area contributed by atoms with Gasteiger partial charge in [0.2, 0.25) is 0 Å². The predicted molar refractivity (Wildman–Crippen MR) is 44.0 cm³/mol. The van der Waals surface area contributed by atoms with Gasteiger partial charge in [-0.25, -0.2) is 0 Å². The van der Waals surface area contributed by atoms with Gasteiger partial charge in [-0.1, -0.05) is 6.92 Å². The zero-order chi connectivity index (χ0) is 7.84. The van der Waals surface area contributed by atoms with Crippen LogP contribution in [-0.2, 0) is 4.79 Å². The third kappa shape index (κ3) is 1.11. The van der Waals surface area contributed by atoms with Crippen molar-refractivity contribution in [2.24, 2.45) is 11.8 Å². The molecule has 0 saturated heterocycles. The summed E-state index contributed by atoms with van der Waals surface area (Å²) in [6.45, 7) is 2.23. The molecule has 2 rings (SSSR count). The third-order valence-electron chi connectivity index (χ3n) is 3.32. The summed E-state index contributed by atoms with van der Waals surface area (Å²) in [5.41, 5.74) is 0. The molecule has 61 valence electrons. The monoisotopic (exact) mass is 151 g/mol. The van der Waals surface area contributed by atoms with Crippen LogP contribution in [0, 0.1) is 17.8 Å². The van der Waals surface area contributed by atoms with E-state index in [0.29, 0.717) is 17.6 Å². The Morgan fingerprint density at radius 3 is 2.73 bits per heavy atom. The molecular weight excluding hydrogens is 136 g/mol.